The molecule has 0 fully saturated rings. The van der Waals surface area contributed by atoms with Crippen molar-refractivity contribution in [3.8, 4) is 0 Å². The fourth-order valence-corrected chi connectivity index (χ4v) is 2.14. The molecule has 0 amide bonds. The van der Waals surface area contributed by atoms with Gasteiger partial charge in [-0.25, -0.2) is 9.36 Å². The van der Waals surface area contributed by atoms with E-state index in [0.29, 0.717) is 6.54 Å². The van der Waals surface area contributed by atoms with Gasteiger partial charge in [0.2, 0.25) is 0 Å². The molecule has 0 bridgehead atoms. The first-order chi connectivity index (χ1) is 7.88. The Bertz CT molecular complexity index is 483. The first-order valence-corrected chi connectivity index (χ1v) is 6.22. The number of nitrogens with zero attached hydrogens (tertiary/aromatic N) is 1. The van der Waals surface area contributed by atoms with Gasteiger partial charge in [-0.15, -0.1) is 0 Å². The Morgan fingerprint density at radius 2 is 2.24 bits per heavy atom. The van der Waals surface area contributed by atoms with Crippen molar-refractivity contribution in [3.63, 3.8) is 0 Å². The number of hydrogen-bond donors (Lipinski definition) is 1. The van der Waals surface area contributed by atoms with Crippen molar-refractivity contribution in [1.29, 1.82) is 0 Å². The molecule has 4 nitrogen and oxygen atoms in total. The van der Waals surface area contributed by atoms with Gasteiger partial charge in [-0.2, -0.15) is 0 Å². The quantitative estimate of drug-likeness (QED) is 0.797. The summed E-state index contributed by atoms with van der Waals surface area (Å²) >= 11 is 3.43. The molecule has 1 N–H and O–H groups in total. The Balaban J connectivity index is 2.34. The summed E-state index contributed by atoms with van der Waals surface area (Å²) in [5.41, 5.74) is 0.479. The molecule has 1 aromatic heterocycles. The van der Waals surface area contributed by atoms with Gasteiger partial charge in [0, 0.05) is 22.8 Å². The Kier molecular flexibility index (Phi) is 3.03. The van der Waals surface area contributed by atoms with Crippen LogP contribution in [0.2, 0.25) is 0 Å². The van der Waals surface area contributed by atoms with E-state index in [2.05, 4.69) is 21.2 Å². The highest BCUT2D eigenvalue weighted by molar-refractivity contribution is 9.10. The highest BCUT2D eigenvalue weighted by Gasteiger charge is 2.23. The van der Waals surface area contributed by atoms with Crippen LogP contribution < -0.4 is 5.32 Å². The van der Waals surface area contributed by atoms with E-state index in [1.807, 2.05) is 32.9 Å². The molecule has 92 valence electrons. The minimum atomic E-state index is -0.495. The number of halogens is 1. The lowest BCUT2D eigenvalue weighted by Crippen LogP contribution is -2.27. The van der Waals surface area contributed by atoms with Gasteiger partial charge in [-0.05, 0) is 36.7 Å². The minimum absolute atomic E-state index is 0.373. The predicted molar refractivity (Wildman–Crippen MR) is 71.3 cm³/mol. The zero-order valence-electron chi connectivity index (χ0n) is 10.1. The van der Waals surface area contributed by atoms with Crippen molar-refractivity contribution >= 4 is 33.9 Å². The molecule has 5 heteroatoms. The van der Waals surface area contributed by atoms with Crippen molar-refractivity contribution in [2.45, 2.75) is 26.4 Å². The summed E-state index contributed by atoms with van der Waals surface area (Å²) in [4.78, 5) is 12.0. The molecule has 17 heavy (non-hydrogen) atoms. The average molecular weight is 299 g/mol. The molecule has 0 radical (unpaired) electrons. The molecule has 0 saturated carbocycles. The van der Waals surface area contributed by atoms with E-state index in [1.54, 1.807) is 6.20 Å². The van der Waals surface area contributed by atoms with Crippen LogP contribution in [0.3, 0.4) is 0 Å². The molecule has 2 heterocycles. The largest absolute Gasteiger partial charge is 0.443 e. The molecular weight excluding hydrogens is 284 g/mol. The third-order valence-corrected chi connectivity index (χ3v) is 2.89. The molecule has 0 aliphatic carbocycles. The summed E-state index contributed by atoms with van der Waals surface area (Å²) in [7, 11) is 0. The SMILES string of the molecule is CC(C)(C)OC(=O)n1cc(Br)c2c1NCC=C2. The Morgan fingerprint density at radius 3 is 2.88 bits per heavy atom. The lowest BCUT2D eigenvalue weighted by molar-refractivity contribution is 0.0540. The summed E-state index contributed by atoms with van der Waals surface area (Å²) < 4.78 is 7.71. The maximum Gasteiger partial charge on any atom is 0.420 e. The number of anilines is 1. The predicted octanol–water partition coefficient (Wildman–Crippen LogP) is 3.47. The first kappa shape index (κ1) is 12.2. The number of fused-ring (bicyclic) bond motifs is 1. The second-order valence-corrected chi connectivity index (χ2v) is 5.73. The number of carbonyl (C=O) groups is 1. The van der Waals surface area contributed by atoms with Crippen LogP contribution in [-0.2, 0) is 4.74 Å². The zero-order valence-corrected chi connectivity index (χ0v) is 11.7. The highest BCUT2D eigenvalue weighted by Crippen LogP contribution is 2.31. The van der Waals surface area contributed by atoms with E-state index in [0.717, 1.165) is 15.9 Å². The average Bonchev–Trinajstić information content (AvgIpc) is 2.55. The molecule has 1 aliphatic rings. The number of hydrogen-bond acceptors (Lipinski definition) is 3. The first-order valence-electron chi connectivity index (χ1n) is 5.43. The zero-order chi connectivity index (χ0) is 12.6. The molecule has 0 saturated heterocycles. The summed E-state index contributed by atoms with van der Waals surface area (Å²) in [5, 5.41) is 3.16. The Hall–Kier alpha value is -1.23. The van der Waals surface area contributed by atoms with Gasteiger partial charge in [0.1, 0.15) is 11.4 Å². The lowest BCUT2D eigenvalue weighted by atomic mass is 10.2. The van der Waals surface area contributed by atoms with E-state index in [1.165, 1.54) is 4.57 Å². The molecular formula is C12H15BrN2O2. The topological polar surface area (TPSA) is 43.3 Å². The van der Waals surface area contributed by atoms with Gasteiger partial charge in [-0.1, -0.05) is 12.2 Å². The number of aromatic nitrogens is 1. The minimum Gasteiger partial charge on any atom is -0.443 e. The van der Waals surface area contributed by atoms with E-state index in [4.69, 9.17) is 4.74 Å². The fourth-order valence-electron chi connectivity index (χ4n) is 1.62. The second-order valence-electron chi connectivity index (χ2n) is 4.87. The molecule has 0 aromatic carbocycles. The fraction of sp³-hybridized carbons (Fsp3) is 0.417. The van der Waals surface area contributed by atoms with Crippen LogP contribution in [0.25, 0.3) is 6.08 Å². The van der Waals surface area contributed by atoms with Gasteiger partial charge < -0.3 is 10.1 Å². The summed E-state index contributed by atoms with van der Waals surface area (Å²) in [5.74, 6) is 0.772. The number of rotatable bonds is 0. The van der Waals surface area contributed by atoms with Gasteiger partial charge in [-0.3, -0.25) is 0 Å². The Morgan fingerprint density at radius 1 is 1.53 bits per heavy atom. The molecule has 0 unspecified atom stereocenters. The van der Waals surface area contributed by atoms with E-state index in [-0.39, 0.29) is 6.09 Å². The summed E-state index contributed by atoms with van der Waals surface area (Å²) in [6.07, 6.45) is 5.34. The van der Waals surface area contributed by atoms with E-state index < -0.39 is 5.60 Å². The van der Waals surface area contributed by atoms with Crippen LogP contribution in [0.4, 0.5) is 10.6 Å². The third-order valence-electron chi connectivity index (χ3n) is 2.26. The summed E-state index contributed by atoms with van der Waals surface area (Å²) in [6, 6.07) is 0. The number of ether oxygens (including phenoxy) is 1. The Labute approximate surface area is 109 Å². The van der Waals surface area contributed by atoms with E-state index in [9.17, 15) is 4.79 Å². The third kappa shape index (κ3) is 2.54. The van der Waals surface area contributed by atoms with E-state index >= 15 is 0 Å². The standard InChI is InChI=1S/C12H15BrN2O2/c1-12(2,3)17-11(16)15-7-9(13)8-5-4-6-14-10(8)15/h4-5,7,14H,6H2,1-3H3. The molecule has 1 aromatic rings. The highest BCUT2D eigenvalue weighted by atomic mass is 79.9. The van der Waals surface area contributed by atoms with Crippen LogP contribution in [-0.4, -0.2) is 22.8 Å². The van der Waals surface area contributed by atoms with Crippen molar-refractivity contribution in [2.24, 2.45) is 0 Å². The van der Waals surface area contributed by atoms with Gasteiger partial charge in [0.05, 0.1) is 0 Å². The molecule has 0 atom stereocenters. The monoisotopic (exact) mass is 298 g/mol. The van der Waals surface area contributed by atoms with Crippen molar-refractivity contribution in [3.05, 3.63) is 22.3 Å². The summed E-state index contributed by atoms with van der Waals surface area (Å²) in [6.45, 7) is 6.27. The van der Waals surface area contributed by atoms with Crippen LogP contribution >= 0.6 is 15.9 Å². The van der Waals surface area contributed by atoms with Crippen LogP contribution in [0.15, 0.2) is 16.7 Å². The van der Waals surface area contributed by atoms with Gasteiger partial charge in [0.15, 0.2) is 0 Å². The van der Waals surface area contributed by atoms with Gasteiger partial charge in [0.25, 0.3) is 0 Å². The lowest BCUT2D eigenvalue weighted by Gasteiger charge is -2.21. The van der Waals surface area contributed by atoms with Crippen LogP contribution in [0.5, 0.6) is 0 Å². The molecule has 2 rings (SSSR count). The maximum atomic E-state index is 12.0. The van der Waals surface area contributed by atoms with Crippen LogP contribution in [0.1, 0.15) is 26.3 Å². The van der Waals surface area contributed by atoms with Crippen molar-refractivity contribution < 1.29 is 9.53 Å². The van der Waals surface area contributed by atoms with Crippen LogP contribution in [0, 0.1) is 0 Å². The maximum absolute atomic E-state index is 12.0. The molecule has 0 spiro atoms. The van der Waals surface area contributed by atoms with Crippen molar-refractivity contribution in [2.75, 3.05) is 11.9 Å². The smallest absolute Gasteiger partial charge is 0.420 e. The normalized spacial score (nSPS) is 14.1. The number of nitrogens with one attached hydrogen (secondary N) is 1. The second kappa shape index (κ2) is 4.22. The van der Waals surface area contributed by atoms with Crippen molar-refractivity contribution in [1.82, 2.24) is 4.57 Å². The number of carbonyl (C=O) groups excluding carboxylic acids is 1. The van der Waals surface area contributed by atoms with Gasteiger partial charge >= 0.3 is 6.09 Å². The molecule has 1 aliphatic heterocycles.